The third-order valence-corrected chi connectivity index (χ3v) is 6.38. The Balaban J connectivity index is 1.37. The molecular formula is C25H28N2O6. The minimum Gasteiger partial charge on any atom is -0.481 e. The number of methoxy groups -OCH3 is 1. The number of carboxylic acids is 1. The van der Waals surface area contributed by atoms with Crippen molar-refractivity contribution in [2.75, 3.05) is 26.9 Å². The fraction of sp³-hybridized carbons (Fsp3) is 0.400. The fourth-order valence-electron chi connectivity index (χ4n) is 4.42. The monoisotopic (exact) mass is 452 g/mol. The molecule has 174 valence electrons. The summed E-state index contributed by atoms with van der Waals surface area (Å²) < 4.78 is 10.6. The predicted octanol–water partition coefficient (Wildman–Crippen LogP) is 2.91. The van der Waals surface area contributed by atoms with Crippen LogP contribution in [0.25, 0.3) is 11.1 Å². The predicted molar refractivity (Wildman–Crippen MR) is 121 cm³/mol. The van der Waals surface area contributed by atoms with Crippen LogP contribution in [0.15, 0.2) is 48.5 Å². The first-order chi connectivity index (χ1) is 15.9. The van der Waals surface area contributed by atoms with Gasteiger partial charge in [-0.1, -0.05) is 48.5 Å². The Morgan fingerprint density at radius 1 is 1.06 bits per heavy atom. The quantitative estimate of drug-likeness (QED) is 0.511. The largest absolute Gasteiger partial charge is 0.481 e. The molecule has 8 nitrogen and oxygen atoms in total. The van der Waals surface area contributed by atoms with Crippen molar-refractivity contribution in [3.63, 3.8) is 0 Å². The van der Waals surface area contributed by atoms with E-state index in [1.807, 2.05) is 48.5 Å². The summed E-state index contributed by atoms with van der Waals surface area (Å²) in [6.45, 7) is 0.983. The van der Waals surface area contributed by atoms with E-state index in [1.54, 1.807) is 7.11 Å². The summed E-state index contributed by atoms with van der Waals surface area (Å²) in [5.41, 5.74) is 4.26. The number of nitrogens with one attached hydrogen (secondary N) is 2. The molecule has 2 amide bonds. The Kier molecular flexibility index (Phi) is 6.65. The number of amides is 2. The highest BCUT2D eigenvalue weighted by Crippen LogP contribution is 2.45. The van der Waals surface area contributed by atoms with Crippen LogP contribution in [0.3, 0.4) is 0 Å². The number of benzene rings is 2. The Bertz CT molecular complexity index is 1000. The van der Waals surface area contributed by atoms with Crippen molar-refractivity contribution >= 4 is 18.0 Å². The number of hydrogen-bond donors (Lipinski definition) is 3. The van der Waals surface area contributed by atoms with Gasteiger partial charge in [0.15, 0.2) is 0 Å². The fourth-order valence-corrected chi connectivity index (χ4v) is 4.42. The zero-order valence-corrected chi connectivity index (χ0v) is 18.5. The molecule has 0 aromatic heterocycles. The third kappa shape index (κ3) is 5.17. The van der Waals surface area contributed by atoms with E-state index >= 15 is 0 Å². The smallest absolute Gasteiger partial charge is 0.407 e. The molecule has 0 bridgehead atoms. The molecule has 1 fully saturated rings. The van der Waals surface area contributed by atoms with Crippen molar-refractivity contribution in [2.45, 2.75) is 31.2 Å². The summed E-state index contributed by atoms with van der Waals surface area (Å²) in [6, 6.07) is 14.7. The number of carbonyl (C=O) groups excluding carboxylic acids is 2. The summed E-state index contributed by atoms with van der Waals surface area (Å²) in [5, 5.41) is 14.4. The van der Waals surface area contributed by atoms with Crippen LogP contribution < -0.4 is 10.6 Å². The van der Waals surface area contributed by atoms with Crippen LogP contribution in [0.4, 0.5) is 4.79 Å². The van der Waals surface area contributed by atoms with Gasteiger partial charge in [0.1, 0.15) is 12.6 Å². The number of hydrogen-bond acceptors (Lipinski definition) is 5. The molecule has 4 rings (SSSR count). The highest BCUT2D eigenvalue weighted by atomic mass is 16.5. The average molecular weight is 453 g/mol. The highest BCUT2D eigenvalue weighted by Gasteiger charge is 2.43. The number of carboxylic acid groups (broad SMARTS) is 1. The minimum atomic E-state index is -1.23. The molecule has 8 heteroatoms. The molecule has 0 saturated heterocycles. The van der Waals surface area contributed by atoms with E-state index in [1.165, 1.54) is 0 Å². The van der Waals surface area contributed by atoms with Crippen molar-refractivity contribution in [1.29, 1.82) is 0 Å². The van der Waals surface area contributed by atoms with Gasteiger partial charge in [0.05, 0.1) is 13.0 Å². The van der Waals surface area contributed by atoms with Gasteiger partial charge in [-0.15, -0.1) is 0 Å². The average Bonchev–Trinajstić information content (AvgIpc) is 3.50. The molecular weight excluding hydrogens is 424 g/mol. The van der Waals surface area contributed by atoms with Gasteiger partial charge < -0.3 is 25.2 Å². The summed E-state index contributed by atoms with van der Waals surface area (Å²) in [5.74, 6) is -1.86. The molecule has 2 aromatic carbocycles. The Hall–Kier alpha value is -3.39. The maximum atomic E-state index is 12.6. The Labute approximate surface area is 192 Å². The molecule has 1 unspecified atom stereocenters. The van der Waals surface area contributed by atoms with Crippen LogP contribution in [-0.2, 0) is 19.1 Å². The normalized spacial score (nSPS) is 16.3. The van der Waals surface area contributed by atoms with Gasteiger partial charge >= 0.3 is 12.1 Å². The lowest BCUT2D eigenvalue weighted by molar-refractivity contribution is -0.139. The van der Waals surface area contributed by atoms with Crippen molar-refractivity contribution in [2.24, 2.45) is 5.41 Å². The first kappa shape index (κ1) is 22.8. The molecule has 2 aliphatic rings. The Morgan fingerprint density at radius 3 is 2.21 bits per heavy atom. The second-order valence-electron chi connectivity index (χ2n) is 8.77. The van der Waals surface area contributed by atoms with Crippen molar-refractivity contribution in [1.82, 2.24) is 10.6 Å². The SMILES string of the molecule is COCC1(CNC(=O)C(CC(=O)O)NC(=O)OCC2c3ccccc3-c3ccccc32)CC1. The van der Waals surface area contributed by atoms with Crippen LogP contribution in [0, 0.1) is 5.41 Å². The maximum Gasteiger partial charge on any atom is 0.407 e. The molecule has 2 aromatic rings. The van der Waals surface area contributed by atoms with Gasteiger partial charge in [-0.25, -0.2) is 4.79 Å². The molecule has 1 saturated carbocycles. The summed E-state index contributed by atoms with van der Waals surface area (Å²) in [6.07, 6.45) is 0.513. The van der Waals surface area contributed by atoms with Crippen LogP contribution in [0.1, 0.15) is 36.3 Å². The molecule has 2 aliphatic carbocycles. The van der Waals surface area contributed by atoms with Gasteiger partial charge in [-0.05, 0) is 35.1 Å². The van der Waals surface area contributed by atoms with E-state index < -0.39 is 30.4 Å². The number of aliphatic carboxylic acids is 1. The molecule has 0 radical (unpaired) electrons. The highest BCUT2D eigenvalue weighted by molar-refractivity contribution is 5.89. The van der Waals surface area contributed by atoms with Crippen LogP contribution in [0.5, 0.6) is 0 Å². The molecule has 0 heterocycles. The number of alkyl carbamates (subject to hydrolysis) is 1. The third-order valence-electron chi connectivity index (χ3n) is 6.38. The van der Waals surface area contributed by atoms with E-state index in [-0.39, 0.29) is 17.9 Å². The molecule has 1 atom stereocenters. The van der Waals surface area contributed by atoms with Crippen LogP contribution >= 0.6 is 0 Å². The topological polar surface area (TPSA) is 114 Å². The van der Waals surface area contributed by atoms with Gasteiger partial charge in [0, 0.05) is 25.0 Å². The van der Waals surface area contributed by atoms with Crippen LogP contribution in [-0.4, -0.2) is 56.0 Å². The molecule has 33 heavy (non-hydrogen) atoms. The van der Waals surface area contributed by atoms with Gasteiger partial charge in [0.25, 0.3) is 0 Å². The van der Waals surface area contributed by atoms with E-state index in [4.69, 9.17) is 9.47 Å². The lowest BCUT2D eigenvalue weighted by atomic mass is 9.98. The van der Waals surface area contributed by atoms with E-state index in [0.29, 0.717) is 13.2 Å². The number of ether oxygens (including phenoxy) is 2. The summed E-state index contributed by atoms with van der Waals surface area (Å²) in [7, 11) is 1.60. The van der Waals surface area contributed by atoms with Crippen molar-refractivity contribution in [3.8, 4) is 11.1 Å². The zero-order chi connectivity index (χ0) is 23.4. The first-order valence-electron chi connectivity index (χ1n) is 11.0. The lowest BCUT2D eigenvalue weighted by Crippen LogP contribution is -2.49. The van der Waals surface area contributed by atoms with Crippen molar-refractivity contribution in [3.05, 3.63) is 59.7 Å². The van der Waals surface area contributed by atoms with Crippen molar-refractivity contribution < 1.29 is 29.0 Å². The maximum absolute atomic E-state index is 12.6. The van der Waals surface area contributed by atoms with Gasteiger partial charge in [-0.3, -0.25) is 9.59 Å². The van der Waals surface area contributed by atoms with E-state index in [9.17, 15) is 19.5 Å². The van der Waals surface area contributed by atoms with Crippen LogP contribution in [0.2, 0.25) is 0 Å². The summed E-state index contributed by atoms with van der Waals surface area (Å²) in [4.78, 5) is 36.4. The molecule has 3 N–H and O–H groups in total. The summed E-state index contributed by atoms with van der Waals surface area (Å²) >= 11 is 0. The lowest BCUT2D eigenvalue weighted by Gasteiger charge is -2.20. The van der Waals surface area contributed by atoms with E-state index in [0.717, 1.165) is 35.1 Å². The minimum absolute atomic E-state index is 0.0816. The van der Waals surface area contributed by atoms with Gasteiger partial charge in [-0.2, -0.15) is 0 Å². The van der Waals surface area contributed by atoms with E-state index in [2.05, 4.69) is 10.6 Å². The first-order valence-corrected chi connectivity index (χ1v) is 11.0. The second-order valence-corrected chi connectivity index (χ2v) is 8.77. The zero-order valence-electron chi connectivity index (χ0n) is 18.5. The molecule has 0 spiro atoms. The standard InChI is InChI=1S/C25H28N2O6/c1-32-15-25(10-11-25)14-26-23(30)21(12-22(28)29)27-24(31)33-13-20-18-8-4-2-6-16(18)17-7-3-5-9-19(17)20/h2-9,20-21H,10-15H2,1H3,(H,26,30)(H,27,31)(H,28,29). The number of carbonyl (C=O) groups is 3. The Morgan fingerprint density at radius 2 is 1.67 bits per heavy atom. The van der Waals surface area contributed by atoms with Gasteiger partial charge in [0.2, 0.25) is 5.91 Å². The number of rotatable bonds is 10. The molecule has 0 aliphatic heterocycles. The second kappa shape index (κ2) is 9.62. The number of fused-ring (bicyclic) bond motifs is 3.